The number of carbonyl (C=O) groups excluding carboxylic acids is 2. The molecule has 0 saturated heterocycles. The van der Waals surface area contributed by atoms with E-state index in [1.807, 2.05) is 0 Å². The number of nitrogens with zero attached hydrogens (tertiary/aromatic N) is 2. The molecule has 0 fully saturated rings. The third-order valence-corrected chi connectivity index (χ3v) is 2.55. The Kier molecular flexibility index (Phi) is 5.53. The molecule has 0 unspecified atom stereocenters. The molecule has 0 aliphatic heterocycles. The van der Waals surface area contributed by atoms with Crippen molar-refractivity contribution in [3.63, 3.8) is 0 Å². The Morgan fingerprint density at radius 1 is 1.32 bits per heavy atom. The van der Waals surface area contributed by atoms with Crippen LogP contribution in [-0.4, -0.2) is 41.1 Å². The Labute approximate surface area is 111 Å². The fraction of sp³-hybridized carbons (Fsp3) is 0.308. The predicted molar refractivity (Wildman–Crippen MR) is 71.8 cm³/mol. The maximum Gasteiger partial charge on any atom is 0.329 e. The number of benzene rings is 1. The Bertz CT molecular complexity index is 482. The monoisotopic (exact) mass is 263 g/mol. The van der Waals surface area contributed by atoms with Gasteiger partial charge in [-0.2, -0.15) is 5.10 Å². The molecule has 0 aliphatic carbocycles. The smallest absolute Gasteiger partial charge is 0.329 e. The highest BCUT2D eigenvalue weighted by Crippen LogP contribution is 2.12. The number of hydrazone groups is 1. The Morgan fingerprint density at radius 2 is 1.95 bits per heavy atom. The average molecular weight is 263 g/mol. The van der Waals surface area contributed by atoms with Gasteiger partial charge in [0.1, 0.15) is 5.75 Å². The summed E-state index contributed by atoms with van der Waals surface area (Å²) in [5.41, 5.74) is 2.59. The van der Waals surface area contributed by atoms with E-state index >= 15 is 0 Å². The first-order valence-electron chi connectivity index (χ1n) is 6.00. The van der Waals surface area contributed by atoms with Crippen molar-refractivity contribution in [2.45, 2.75) is 13.8 Å². The summed E-state index contributed by atoms with van der Waals surface area (Å²) in [4.78, 5) is 24.5. The van der Waals surface area contributed by atoms with Crippen LogP contribution < -0.4 is 5.43 Å². The summed E-state index contributed by atoms with van der Waals surface area (Å²) >= 11 is 0. The lowest BCUT2D eigenvalue weighted by atomic mass is 10.2. The van der Waals surface area contributed by atoms with Gasteiger partial charge >= 0.3 is 11.8 Å². The summed E-state index contributed by atoms with van der Waals surface area (Å²) in [6, 6.07) is 6.54. The summed E-state index contributed by atoms with van der Waals surface area (Å²) in [5.74, 6) is -1.37. The van der Waals surface area contributed by atoms with Crippen molar-refractivity contribution in [1.82, 2.24) is 10.3 Å². The van der Waals surface area contributed by atoms with Gasteiger partial charge in [-0.3, -0.25) is 9.59 Å². The zero-order chi connectivity index (χ0) is 14.3. The second-order valence-corrected chi connectivity index (χ2v) is 3.74. The number of hydrogen-bond donors (Lipinski definition) is 2. The van der Waals surface area contributed by atoms with Gasteiger partial charge in [0.2, 0.25) is 0 Å². The molecule has 19 heavy (non-hydrogen) atoms. The minimum atomic E-state index is -0.796. The van der Waals surface area contributed by atoms with Crippen molar-refractivity contribution in [2.24, 2.45) is 5.10 Å². The molecule has 0 bridgehead atoms. The molecule has 0 heterocycles. The summed E-state index contributed by atoms with van der Waals surface area (Å²) in [7, 11) is 0. The number of carbonyl (C=O) groups is 2. The number of phenols is 1. The normalized spacial score (nSPS) is 10.4. The first-order chi connectivity index (χ1) is 9.10. The lowest BCUT2D eigenvalue weighted by Crippen LogP contribution is -2.41. The van der Waals surface area contributed by atoms with Crippen molar-refractivity contribution in [2.75, 3.05) is 13.1 Å². The van der Waals surface area contributed by atoms with Gasteiger partial charge in [-0.15, -0.1) is 0 Å². The van der Waals surface area contributed by atoms with E-state index in [0.717, 1.165) is 0 Å². The Balaban J connectivity index is 2.60. The quantitative estimate of drug-likeness (QED) is 0.477. The molecule has 0 atom stereocenters. The number of aromatic hydroxyl groups is 1. The number of likely N-dealkylation sites (N-methyl/N-ethyl adjacent to an activating group) is 1. The largest absolute Gasteiger partial charge is 0.507 e. The molecule has 6 heteroatoms. The van der Waals surface area contributed by atoms with Crippen LogP contribution in [0, 0.1) is 0 Å². The third-order valence-electron chi connectivity index (χ3n) is 2.55. The minimum Gasteiger partial charge on any atom is -0.507 e. The van der Waals surface area contributed by atoms with Crippen LogP contribution in [-0.2, 0) is 9.59 Å². The predicted octanol–water partition coefficient (Wildman–Crippen LogP) is 0.711. The zero-order valence-corrected chi connectivity index (χ0v) is 11.0. The summed E-state index contributed by atoms with van der Waals surface area (Å²) in [6.07, 6.45) is 1.28. The highest BCUT2D eigenvalue weighted by molar-refractivity contribution is 6.34. The molecule has 0 radical (unpaired) electrons. The van der Waals surface area contributed by atoms with Crippen LogP contribution >= 0.6 is 0 Å². The highest BCUT2D eigenvalue weighted by Gasteiger charge is 2.18. The molecule has 1 aromatic carbocycles. The van der Waals surface area contributed by atoms with Gasteiger partial charge in [0.15, 0.2) is 0 Å². The molecule has 1 aromatic rings. The number of nitrogens with one attached hydrogen (secondary N) is 1. The summed E-state index contributed by atoms with van der Waals surface area (Å²) < 4.78 is 0. The lowest BCUT2D eigenvalue weighted by molar-refractivity contribution is -0.145. The van der Waals surface area contributed by atoms with Crippen LogP contribution in [0.5, 0.6) is 5.75 Å². The van der Waals surface area contributed by atoms with Gasteiger partial charge in [0, 0.05) is 18.7 Å². The van der Waals surface area contributed by atoms with Crippen LogP contribution in [0.2, 0.25) is 0 Å². The molecule has 0 aliphatic rings. The molecular weight excluding hydrogens is 246 g/mol. The van der Waals surface area contributed by atoms with E-state index < -0.39 is 11.8 Å². The molecule has 0 saturated carbocycles. The van der Waals surface area contributed by atoms with Crippen LogP contribution in [0.25, 0.3) is 0 Å². The van der Waals surface area contributed by atoms with Crippen LogP contribution in [0.1, 0.15) is 19.4 Å². The fourth-order valence-corrected chi connectivity index (χ4v) is 1.46. The fourth-order valence-electron chi connectivity index (χ4n) is 1.46. The summed E-state index contributed by atoms with van der Waals surface area (Å²) in [6.45, 7) is 4.51. The van der Waals surface area contributed by atoms with Crippen LogP contribution in [0.4, 0.5) is 0 Å². The maximum absolute atomic E-state index is 11.6. The maximum atomic E-state index is 11.6. The van der Waals surface area contributed by atoms with Crippen molar-refractivity contribution in [3.8, 4) is 5.75 Å². The molecule has 0 aromatic heterocycles. The van der Waals surface area contributed by atoms with Gasteiger partial charge in [-0.05, 0) is 26.0 Å². The molecule has 6 nitrogen and oxygen atoms in total. The van der Waals surface area contributed by atoms with E-state index in [4.69, 9.17) is 0 Å². The van der Waals surface area contributed by atoms with E-state index in [1.54, 1.807) is 32.0 Å². The number of rotatable bonds is 4. The second-order valence-electron chi connectivity index (χ2n) is 3.74. The SMILES string of the molecule is CCN(CC)C(=O)C(=O)NN=Cc1ccccc1O. The van der Waals surface area contributed by atoms with Gasteiger partial charge in [-0.1, -0.05) is 12.1 Å². The average Bonchev–Trinajstić information content (AvgIpc) is 2.42. The zero-order valence-electron chi connectivity index (χ0n) is 11.0. The summed E-state index contributed by atoms with van der Waals surface area (Å²) in [5, 5.41) is 13.1. The molecule has 2 N–H and O–H groups in total. The molecular formula is C13H17N3O3. The van der Waals surface area contributed by atoms with E-state index in [-0.39, 0.29) is 5.75 Å². The topological polar surface area (TPSA) is 82.0 Å². The van der Waals surface area contributed by atoms with E-state index in [9.17, 15) is 14.7 Å². The molecule has 0 spiro atoms. The number of amides is 2. The van der Waals surface area contributed by atoms with Crippen molar-refractivity contribution in [1.29, 1.82) is 0 Å². The number of hydrogen-bond acceptors (Lipinski definition) is 4. The van der Waals surface area contributed by atoms with Gasteiger partial charge < -0.3 is 10.0 Å². The third kappa shape index (κ3) is 4.09. The first-order valence-corrected chi connectivity index (χ1v) is 6.00. The van der Waals surface area contributed by atoms with E-state index in [1.165, 1.54) is 17.2 Å². The Morgan fingerprint density at radius 3 is 2.53 bits per heavy atom. The molecule has 2 amide bonds. The van der Waals surface area contributed by atoms with E-state index in [0.29, 0.717) is 18.7 Å². The second kappa shape index (κ2) is 7.15. The van der Waals surface area contributed by atoms with Crippen molar-refractivity contribution < 1.29 is 14.7 Å². The standard InChI is InChI=1S/C13H17N3O3/c1-3-16(4-2)13(19)12(18)15-14-9-10-7-5-6-8-11(10)17/h5-9,17H,3-4H2,1-2H3,(H,15,18). The minimum absolute atomic E-state index is 0.0515. The first kappa shape index (κ1) is 14.7. The van der Waals surface area contributed by atoms with Gasteiger partial charge in [-0.25, -0.2) is 5.43 Å². The molecule has 1 rings (SSSR count). The van der Waals surface area contributed by atoms with Gasteiger partial charge in [0.25, 0.3) is 0 Å². The molecule has 102 valence electrons. The highest BCUT2D eigenvalue weighted by atomic mass is 16.3. The van der Waals surface area contributed by atoms with E-state index in [2.05, 4.69) is 10.5 Å². The van der Waals surface area contributed by atoms with Crippen LogP contribution in [0.3, 0.4) is 0 Å². The number of phenolic OH excluding ortho intramolecular Hbond substituents is 1. The number of para-hydroxylation sites is 1. The van der Waals surface area contributed by atoms with Gasteiger partial charge in [0.05, 0.1) is 6.21 Å². The lowest BCUT2D eigenvalue weighted by Gasteiger charge is -2.16. The van der Waals surface area contributed by atoms with Crippen LogP contribution in [0.15, 0.2) is 29.4 Å². The van der Waals surface area contributed by atoms with Crippen molar-refractivity contribution >= 4 is 18.0 Å². The van der Waals surface area contributed by atoms with Crippen molar-refractivity contribution in [3.05, 3.63) is 29.8 Å². The Hall–Kier alpha value is -2.37.